The van der Waals surface area contributed by atoms with Crippen LogP contribution in [-0.4, -0.2) is 76.2 Å². The zero-order chi connectivity index (χ0) is 23.8. The molecule has 1 aliphatic heterocycles. The van der Waals surface area contributed by atoms with Gasteiger partial charge in [0.15, 0.2) is 11.5 Å². The van der Waals surface area contributed by atoms with Crippen LogP contribution < -0.4 is 18.9 Å². The number of benzene rings is 2. The van der Waals surface area contributed by atoms with Crippen LogP contribution in [0.3, 0.4) is 0 Å². The highest BCUT2D eigenvalue weighted by Gasteiger charge is 2.24. The van der Waals surface area contributed by atoms with Gasteiger partial charge in [-0.3, -0.25) is 9.59 Å². The van der Waals surface area contributed by atoms with E-state index in [9.17, 15) is 9.59 Å². The number of piperazine rings is 1. The molecule has 2 aromatic carbocycles. The molecule has 1 fully saturated rings. The molecule has 0 atom stereocenters. The van der Waals surface area contributed by atoms with E-state index >= 15 is 0 Å². The number of carbonyl (C=O) groups is 2. The Morgan fingerprint density at radius 1 is 0.758 bits per heavy atom. The van der Waals surface area contributed by atoms with Crippen molar-refractivity contribution in [2.24, 2.45) is 0 Å². The Bertz CT molecular complexity index is 944. The van der Waals surface area contributed by atoms with Gasteiger partial charge in [-0.2, -0.15) is 0 Å². The van der Waals surface area contributed by atoms with Crippen molar-refractivity contribution in [3.63, 3.8) is 0 Å². The smallest absolute Gasteiger partial charge is 0.227 e. The highest BCUT2D eigenvalue weighted by atomic mass is 16.5. The van der Waals surface area contributed by atoms with E-state index in [1.807, 2.05) is 46.2 Å². The maximum absolute atomic E-state index is 12.8. The summed E-state index contributed by atoms with van der Waals surface area (Å²) in [6.07, 6.45) is 1.26. The second-order valence-electron chi connectivity index (χ2n) is 7.82. The van der Waals surface area contributed by atoms with Crippen LogP contribution in [0.25, 0.3) is 0 Å². The van der Waals surface area contributed by atoms with Gasteiger partial charge < -0.3 is 28.7 Å². The summed E-state index contributed by atoms with van der Waals surface area (Å²) < 4.78 is 21.3. The average molecular weight is 457 g/mol. The molecule has 2 amide bonds. The summed E-state index contributed by atoms with van der Waals surface area (Å²) in [4.78, 5) is 29.1. The van der Waals surface area contributed by atoms with E-state index in [1.165, 1.54) is 0 Å². The maximum Gasteiger partial charge on any atom is 0.227 e. The third kappa shape index (κ3) is 6.09. The Balaban J connectivity index is 1.51. The second kappa shape index (κ2) is 11.4. The molecule has 0 N–H and O–H groups in total. The van der Waals surface area contributed by atoms with Crippen LogP contribution in [0.5, 0.6) is 23.0 Å². The number of aryl methyl sites for hydroxylation is 1. The number of rotatable bonds is 9. The van der Waals surface area contributed by atoms with Crippen molar-refractivity contribution in [1.29, 1.82) is 0 Å². The van der Waals surface area contributed by atoms with Gasteiger partial charge in [-0.15, -0.1) is 0 Å². The van der Waals surface area contributed by atoms with E-state index in [0.717, 1.165) is 16.9 Å². The molecular weight excluding hydrogens is 424 g/mol. The Morgan fingerprint density at radius 3 is 1.91 bits per heavy atom. The van der Waals surface area contributed by atoms with E-state index in [-0.39, 0.29) is 11.8 Å². The number of nitrogens with zero attached hydrogens (tertiary/aromatic N) is 2. The SMILES string of the molecule is COc1cccc(CC(=O)N2CCN(C(=O)CCc3cc(OC)c(OC)c(OC)c3)CC2)c1. The Hall–Kier alpha value is -3.42. The minimum Gasteiger partial charge on any atom is -0.497 e. The standard InChI is InChI=1S/C25H32N2O6/c1-30-20-7-5-6-18(14-20)17-24(29)27-12-10-26(11-13-27)23(28)9-8-19-15-21(31-2)25(33-4)22(16-19)32-3/h5-7,14-16H,8-13,17H2,1-4H3. The lowest BCUT2D eigenvalue weighted by Gasteiger charge is -2.35. The molecule has 0 spiro atoms. The molecule has 0 unspecified atom stereocenters. The fraction of sp³-hybridized carbons (Fsp3) is 0.440. The molecule has 178 valence electrons. The lowest BCUT2D eigenvalue weighted by molar-refractivity contribution is -0.139. The number of ether oxygens (including phenoxy) is 4. The monoisotopic (exact) mass is 456 g/mol. The van der Waals surface area contributed by atoms with Gasteiger partial charge in [0.1, 0.15) is 5.75 Å². The van der Waals surface area contributed by atoms with Gasteiger partial charge in [0.05, 0.1) is 34.9 Å². The van der Waals surface area contributed by atoms with Gasteiger partial charge in [-0.1, -0.05) is 12.1 Å². The molecule has 2 aromatic rings. The highest BCUT2D eigenvalue weighted by Crippen LogP contribution is 2.38. The summed E-state index contributed by atoms with van der Waals surface area (Å²) in [5, 5.41) is 0. The highest BCUT2D eigenvalue weighted by molar-refractivity contribution is 5.80. The molecule has 1 aliphatic rings. The predicted molar refractivity (Wildman–Crippen MR) is 124 cm³/mol. The van der Waals surface area contributed by atoms with Crippen LogP contribution in [0.15, 0.2) is 36.4 Å². The van der Waals surface area contributed by atoms with Gasteiger partial charge in [0.25, 0.3) is 0 Å². The molecule has 1 heterocycles. The molecule has 33 heavy (non-hydrogen) atoms. The van der Waals surface area contributed by atoms with Crippen molar-refractivity contribution in [2.75, 3.05) is 54.6 Å². The number of hydrogen-bond acceptors (Lipinski definition) is 6. The van der Waals surface area contributed by atoms with Gasteiger partial charge >= 0.3 is 0 Å². The van der Waals surface area contributed by atoms with Crippen LogP contribution in [0.4, 0.5) is 0 Å². The Morgan fingerprint density at radius 2 is 1.36 bits per heavy atom. The molecule has 0 saturated carbocycles. The largest absolute Gasteiger partial charge is 0.497 e. The zero-order valence-corrected chi connectivity index (χ0v) is 19.8. The second-order valence-corrected chi connectivity index (χ2v) is 7.82. The first-order chi connectivity index (χ1) is 16.0. The summed E-state index contributed by atoms with van der Waals surface area (Å²) in [7, 11) is 6.31. The molecule has 0 bridgehead atoms. The van der Waals surface area contributed by atoms with Crippen LogP contribution in [0.1, 0.15) is 17.5 Å². The molecule has 0 aliphatic carbocycles. The molecule has 8 heteroatoms. The molecular formula is C25H32N2O6. The number of amides is 2. The van der Waals surface area contributed by atoms with Crippen LogP contribution in [-0.2, 0) is 22.4 Å². The van der Waals surface area contributed by atoms with E-state index < -0.39 is 0 Å². The normalized spacial score (nSPS) is 13.5. The number of carbonyl (C=O) groups excluding carboxylic acids is 2. The van der Waals surface area contributed by atoms with E-state index in [4.69, 9.17) is 18.9 Å². The first-order valence-electron chi connectivity index (χ1n) is 11.0. The topological polar surface area (TPSA) is 77.5 Å². The Kier molecular flexibility index (Phi) is 8.40. The van der Waals surface area contributed by atoms with Crippen molar-refractivity contribution < 1.29 is 28.5 Å². The summed E-state index contributed by atoms with van der Waals surface area (Å²) in [5.41, 5.74) is 1.85. The zero-order valence-electron chi connectivity index (χ0n) is 19.8. The van der Waals surface area contributed by atoms with Gasteiger partial charge in [0, 0.05) is 32.6 Å². The fourth-order valence-corrected chi connectivity index (χ4v) is 3.96. The quantitative estimate of drug-likeness (QED) is 0.577. The summed E-state index contributed by atoms with van der Waals surface area (Å²) in [6.45, 7) is 2.16. The summed E-state index contributed by atoms with van der Waals surface area (Å²) in [5.74, 6) is 2.55. The molecule has 8 nitrogen and oxygen atoms in total. The average Bonchev–Trinajstić information content (AvgIpc) is 2.86. The summed E-state index contributed by atoms with van der Waals surface area (Å²) >= 11 is 0. The van der Waals surface area contributed by atoms with E-state index in [1.54, 1.807) is 28.4 Å². The van der Waals surface area contributed by atoms with Crippen LogP contribution >= 0.6 is 0 Å². The van der Waals surface area contributed by atoms with Gasteiger partial charge in [-0.05, 0) is 41.8 Å². The first-order valence-corrected chi connectivity index (χ1v) is 11.0. The minimum absolute atomic E-state index is 0.0628. The van der Waals surface area contributed by atoms with Gasteiger partial charge in [0.2, 0.25) is 17.6 Å². The van der Waals surface area contributed by atoms with Crippen LogP contribution in [0, 0.1) is 0 Å². The van der Waals surface area contributed by atoms with Crippen molar-refractivity contribution in [3.05, 3.63) is 47.5 Å². The van der Waals surface area contributed by atoms with Crippen molar-refractivity contribution in [3.8, 4) is 23.0 Å². The van der Waals surface area contributed by atoms with Crippen molar-refractivity contribution in [2.45, 2.75) is 19.3 Å². The van der Waals surface area contributed by atoms with Crippen molar-refractivity contribution >= 4 is 11.8 Å². The number of hydrogen-bond donors (Lipinski definition) is 0. The third-order valence-electron chi connectivity index (χ3n) is 5.83. The predicted octanol–water partition coefficient (Wildman–Crippen LogP) is 2.57. The first kappa shape index (κ1) is 24.2. The summed E-state index contributed by atoms with van der Waals surface area (Å²) in [6, 6.07) is 11.3. The van der Waals surface area contributed by atoms with E-state index in [0.29, 0.717) is 62.7 Å². The van der Waals surface area contributed by atoms with E-state index in [2.05, 4.69) is 0 Å². The number of methoxy groups -OCH3 is 4. The third-order valence-corrected chi connectivity index (χ3v) is 5.83. The van der Waals surface area contributed by atoms with Crippen LogP contribution in [0.2, 0.25) is 0 Å². The molecule has 3 rings (SSSR count). The molecule has 0 radical (unpaired) electrons. The lowest BCUT2D eigenvalue weighted by atomic mass is 10.1. The Labute approximate surface area is 195 Å². The fourth-order valence-electron chi connectivity index (χ4n) is 3.96. The maximum atomic E-state index is 12.8. The minimum atomic E-state index is 0.0628. The van der Waals surface area contributed by atoms with Crippen molar-refractivity contribution in [1.82, 2.24) is 9.80 Å². The molecule has 0 aromatic heterocycles. The lowest BCUT2D eigenvalue weighted by Crippen LogP contribution is -2.51. The molecule has 1 saturated heterocycles. The van der Waals surface area contributed by atoms with Gasteiger partial charge in [-0.25, -0.2) is 0 Å².